The number of furan rings is 2. The van der Waals surface area contributed by atoms with Crippen LogP contribution in [0.4, 0.5) is 0 Å². The van der Waals surface area contributed by atoms with Gasteiger partial charge in [0.25, 0.3) is 0 Å². The molecule has 0 saturated carbocycles. The average molecular weight is 384 g/mol. The van der Waals surface area contributed by atoms with Crippen molar-refractivity contribution in [3.05, 3.63) is 72.6 Å². The molecule has 0 N–H and O–H groups in total. The first kappa shape index (κ1) is 16.9. The topological polar surface area (TPSA) is 59.5 Å². The van der Waals surface area contributed by atoms with E-state index in [2.05, 4.69) is 4.98 Å². The van der Waals surface area contributed by atoms with Gasteiger partial charge >= 0.3 is 0 Å². The van der Waals surface area contributed by atoms with E-state index in [1.807, 2.05) is 48.5 Å². The highest BCUT2D eigenvalue weighted by Crippen LogP contribution is 2.29. The number of thioether (sulfide) groups is 1. The summed E-state index contributed by atoms with van der Waals surface area (Å²) in [4.78, 5) is 19.1. The van der Waals surface area contributed by atoms with Crippen LogP contribution in [0.15, 0.2) is 74.2 Å². The first-order chi connectivity index (χ1) is 12.8. The van der Waals surface area contributed by atoms with Gasteiger partial charge in [-0.15, -0.1) is 11.3 Å². The molecule has 4 aromatic rings. The first-order valence-electron chi connectivity index (χ1n) is 8.09. The lowest BCUT2D eigenvalue weighted by Gasteiger charge is -2.20. The number of thiazole rings is 1. The van der Waals surface area contributed by atoms with Gasteiger partial charge in [0.15, 0.2) is 4.34 Å². The van der Waals surface area contributed by atoms with Gasteiger partial charge in [-0.1, -0.05) is 23.9 Å². The van der Waals surface area contributed by atoms with E-state index in [0.717, 1.165) is 26.1 Å². The summed E-state index contributed by atoms with van der Waals surface area (Å²) in [6.45, 7) is 0.819. The van der Waals surface area contributed by atoms with Gasteiger partial charge in [-0.2, -0.15) is 0 Å². The van der Waals surface area contributed by atoms with Crippen molar-refractivity contribution in [1.29, 1.82) is 0 Å². The lowest BCUT2D eigenvalue weighted by Crippen LogP contribution is -2.31. The Bertz CT molecular complexity index is 908. The summed E-state index contributed by atoms with van der Waals surface area (Å²) in [5, 5.41) is 0. The van der Waals surface area contributed by atoms with Crippen LogP contribution in [0.1, 0.15) is 11.5 Å². The number of amides is 1. The van der Waals surface area contributed by atoms with Crippen molar-refractivity contribution in [3.63, 3.8) is 0 Å². The van der Waals surface area contributed by atoms with Gasteiger partial charge in [0.2, 0.25) is 5.91 Å². The number of benzene rings is 1. The van der Waals surface area contributed by atoms with Crippen molar-refractivity contribution in [3.8, 4) is 0 Å². The Kier molecular flexibility index (Phi) is 5.08. The minimum atomic E-state index is 0.0158. The van der Waals surface area contributed by atoms with Crippen LogP contribution in [0.25, 0.3) is 10.2 Å². The Labute approximate surface area is 158 Å². The highest BCUT2D eigenvalue weighted by Gasteiger charge is 2.18. The summed E-state index contributed by atoms with van der Waals surface area (Å²) in [7, 11) is 0. The van der Waals surface area contributed by atoms with Crippen molar-refractivity contribution >= 4 is 39.2 Å². The molecular formula is C19H16N2O3S2. The summed E-state index contributed by atoms with van der Waals surface area (Å²) in [6, 6.07) is 15.4. The van der Waals surface area contributed by atoms with Crippen LogP contribution in [0, 0.1) is 0 Å². The van der Waals surface area contributed by atoms with Gasteiger partial charge in [0.05, 0.1) is 41.6 Å². The van der Waals surface area contributed by atoms with E-state index in [1.165, 1.54) is 11.8 Å². The Balaban J connectivity index is 1.44. The summed E-state index contributed by atoms with van der Waals surface area (Å²) in [5.74, 6) is 1.83. The first-order valence-corrected chi connectivity index (χ1v) is 9.89. The number of fused-ring (bicyclic) bond motifs is 1. The van der Waals surface area contributed by atoms with Crippen molar-refractivity contribution < 1.29 is 13.6 Å². The van der Waals surface area contributed by atoms with Gasteiger partial charge in [-0.3, -0.25) is 4.79 Å². The number of carbonyl (C=O) groups excluding carboxylic acids is 1. The molecule has 3 heterocycles. The number of hydrogen-bond donors (Lipinski definition) is 0. The maximum absolute atomic E-state index is 12.8. The van der Waals surface area contributed by atoms with Crippen LogP contribution in [-0.2, 0) is 17.9 Å². The zero-order valence-electron chi connectivity index (χ0n) is 13.8. The van der Waals surface area contributed by atoms with E-state index in [1.54, 1.807) is 28.8 Å². The lowest BCUT2D eigenvalue weighted by molar-refractivity contribution is -0.130. The van der Waals surface area contributed by atoms with Crippen LogP contribution in [-0.4, -0.2) is 21.5 Å². The molecule has 0 spiro atoms. The van der Waals surface area contributed by atoms with E-state index >= 15 is 0 Å². The normalized spacial score (nSPS) is 11.1. The van der Waals surface area contributed by atoms with E-state index in [-0.39, 0.29) is 5.91 Å². The largest absolute Gasteiger partial charge is 0.467 e. The molecule has 3 aromatic heterocycles. The molecule has 0 atom stereocenters. The van der Waals surface area contributed by atoms with Gasteiger partial charge in [-0.25, -0.2) is 4.98 Å². The molecule has 1 aromatic carbocycles. The lowest BCUT2D eigenvalue weighted by atomic mass is 10.3. The van der Waals surface area contributed by atoms with Crippen molar-refractivity contribution in [2.45, 2.75) is 17.4 Å². The second-order valence-electron chi connectivity index (χ2n) is 5.64. The smallest absolute Gasteiger partial charge is 0.233 e. The molecule has 0 aliphatic carbocycles. The SMILES string of the molecule is O=C(CSc1nc2ccccc2s1)N(Cc1ccco1)Cc1ccco1. The Hall–Kier alpha value is -2.51. The molecule has 0 radical (unpaired) electrons. The summed E-state index contributed by atoms with van der Waals surface area (Å²) >= 11 is 3.07. The quantitative estimate of drug-likeness (QED) is 0.428. The minimum Gasteiger partial charge on any atom is -0.467 e. The highest BCUT2D eigenvalue weighted by molar-refractivity contribution is 8.01. The van der Waals surface area contributed by atoms with E-state index in [9.17, 15) is 4.79 Å². The predicted molar refractivity (Wildman–Crippen MR) is 102 cm³/mol. The average Bonchev–Trinajstić information content (AvgIpc) is 3.40. The van der Waals surface area contributed by atoms with Crippen molar-refractivity contribution in [1.82, 2.24) is 9.88 Å². The van der Waals surface area contributed by atoms with Gasteiger partial charge in [0, 0.05) is 0 Å². The molecule has 5 nitrogen and oxygen atoms in total. The fourth-order valence-corrected chi connectivity index (χ4v) is 4.51. The third-order valence-corrected chi connectivity index (χ3v) is 5.96. The fourth-order valence-electron chi connectivity index (χ4n) is 2.54. The van der Waals surface area contributed by atoms with Crippen LogP contribution in [0.5, 0.6) is 0 Å². The predicted octanol–water partition coefficient (Wildman–Crippen LogP) is 4.80. The molecule has 0 aliphatic heterocycles. The van der Waals surface area contributed by atoms with Crippen LogP contribution in [0.3, 0.4) is 0 Å². The third kappa shape index (κ3) is 4.00. The molecule has 0 unspecified atom stereocenters. The summed E-state index contributed by atoms with van der Waals surface area (Å²) in [5.41, 5.74) is 0.968. The number of nitrogens with zero attached hydrogens (tertiary/aromatic N) is 2. The van der Waals surface area contributed by atoms with E-state index in [0.29, 0.717) is 18.8 Å². The number of aromatic nitrogens is 1. The van der Waals surface area contributed by atoms with Gasteiger partial charge in [-0.05, 0) is 36.4 Å². The maximum atomic E-state index is 12.8. The van der Waals surface area contributed by atoms with Gasteiger partial charge < -0.3 is 13.7 Å². The number of para-hydroxylation sites is 1. The fraction of sp³-hybridized carbons (Fsp3) is 0.158. The second kappa shape index (κ2) is 7.80. The van der Waals surface area contributed by atoms with Crippen molar-refractivity contribution in [2.24, 2.45) is 0 Å². The van der Waals surface area contributed by atoms with E-state index < -0.39 is 0 Å². The van der Waals surface area contributed by atoms with Gasteiger partial charge in [0.1, 0.15) is 11.5 Å². The van der Waals surface area contributed by atoms with E-state index in [4.69, 9.17) is 8.83 Å². The zero-order chi connectivity index (χ0) is 17.8. The Morgan fingerprint density at radius 2 is 1.69 bits per heavy atom. The third-order valence-electron chi connectivity index (χ3n) is 3.80. The molecule has 0 bridgehead atoms. The Morgan fingerprint density at radius 1 is 1.00 bits per heavy atom. The van der Waals surface area contributed by atoms with Crippen LogP contribution < -0.4 is 0 Å². The number of rotatable bonds is 7. The monoisotopic (exact) mass is 384 g/mol. The van der Waals surface area contributed by atoms with Crippen molar-refractivity contribution in [2.75, 3.05) is 5.75 Å². The number of carbonyl (C=O) groups is 1. The summed E-state index contributed by atoms with van der Waals surface area (Å²) in [6.07, 6.45) is 3.22. The molecule has 0 aliphatic rings. The number of hydrogen-bond acceptors (Lipinski definition) is 6. The molecule has 1 amide bonds. The maximum Gasteiger partial charge on any atom is 0.233 e. The second-order valence-corrected chi connectivity index (χ2v) is 7.90. The molecule has 26 heavy (non-hydrogen) atoms. The molecule has 132 valence electrons. The van der Waals surface area contributed by atoms with Crippen LogP contribution >= 0.6 is 23.1 Å². The molecular weight excluding hydrogens is 368 g/mol. The highest BCUT2D eigenvalue weighted by atomic mass is 32.2. The molecule has 0 saturated heterocycles. The standard InChI is InChI=1S/C19H16N2O3S2/c22-18(13-25-19-20-16-7-1-2-8-17(16)26-19)21(11-14-5-3-9-23-14)12-15-6-4-10-24-15/h1-10H,11-13H2. The molecule has 4 rings (SSSR count). The Morgan fingerprint density at radius 3 is 2.31 bits per heavy atom. The minimum absolute atomic E-state index is 0.0158. The summed E-state index contributed by atoms with van der Waals surface area (Å²) < 4.78 is 12.8. The molecule has 7 heteroatoms. The zero-order valence-corrected chi connectivity index (χ0v) is 15.5. The van der Waals surface area contributed by atoms with Crippen LogP contribution in [0.2, 0.25) is 0 Å². The molecule has 0 fully saturated rings.